The second-order valence-corrected chi connectivity index (χ2v) is 14.4. The monoisotopic (exact) mass is 739 g/mol. The van der Waals surface area contributed by atoms with Crippen LogP contribution in [0, 0.1) is 0 Å². The van der Waals surface area contributed by atoms with Crippen LogP contribution in [0.4, 0.5) is 0 Å². The highest BCUT2D eigenvalue weighted by atomic mass is 16.7. The number of aliphatic hydroxyl groups excluding tert-OH is 4. The van der Waals surface area contributed by atoms with Gasteiger partial charge < -0.3 is 39.4 Å². The van der Waals surface area contributed by atoms with Crippen molar-refractivity contribution in [2.24, 2.45) is 0 Å². The lowest BCUT2D eigenvalue weighted by molar-refractivity contribution is -0.305. The lowest BCUT2D eigenvalue weighted by Crippen LogP contribution is -2.59. The fraction of sp³-hybridized carbons (Fsp3) is 0.837. The van der Waals surface area contributed by atoms with Gasteiger partial charge in [-0.15, -0.1) is 0 Å². The van der Waals surface area contributed by atoms with Gasteiger partial charge in [0.1, 0.15) is 30.5 Å². The standard InChI is InChI=1S/C43H78O9/c1-3-5-7-9-11-13-15-17-19-20-22-24-26-28-30-32-39(45)51-37(36-50-43-42(48)41(47)40(46)38(34-44)52-43)35-49-33-31-29-27-25-23-21-18-16-14-12-10-8-6-4-2/h5,7,11,13,17,19,37-38,40-44,46-48H,3-4,6,8-10,12,14-16,18,20-36H2,1-2H3/b7-5-,13-11-,19-17-. The van der Waals surface area contributed by atoms with Crippen molar-refractivity contribution in [2.75, 3.05) is 26.4 Å². The number of carbonyl (C=O) groups excluding carboxylic acids is 1. The van der Waals surface area contributed by atoms with Crippen LogP contribution in [0.2, 0.25) is 0 Å². The molecule has 9 nitrogen and oxygen atoms in total. The average Bonchev–Trinajstić information content (AvgIpc) is 3.14. The first-order chi connectivity index (χ1) is 25.4. The molecular weight excluding hydrogens is 660 g/mol. The Balaban J connectivity index is 2.30. The van der Waals surface area contributed by atoms with Gasteiger partial charge in [-0.25, -0.2) is 0 Å². The maximum Gasteiger partial charge on any atom is 0.306 e. The van der Waals surface area contributed by atoms with Crippen LogP contribution in [0.3, 0.4) is 0 Å². The maximum atomic E-state index is 12.7. The van der Waals surface area contributed by atoms with E-state index in [0.717, 1.165) is 70.6 Å². The van der Waals surface area contributed by atoms with Crippen LogP contribution in [-0.2, 0) is 23.7 Å². The molecule has 1 fully saturated rings. The summed E-state index contributed by atoms with van der Waals surface area (Å²) in [5.74, 6) is -0.330. The molecule has 0 aliphatic carbocycles. The molecule has 1 aliphatic heterocycles. The molecule has 6 unspecified atom stereocenters. The molecule has 304 valence electrons. The number of rotatable bonds is 35. The summed E-state index contributed by atoms with van der Waals surface area (Å²) in [6.07, 6.45) is 33.1. The first-order valence-corrected chi connectivity index (χ1v) is 21.1. The number of allylic oxidation sites excluding steroid dienone is 6. The van der Waals surface area contributed by atoms with Gasteiger partial charge >= 0.3 is 5.97 Å². The highest BCUT2D eigenvalue weighted by Gasteiger charge is 2.44. The summed E-state index contributed by atoms with van der Waals surface area (Å²) in [7, 11) is 0. The molecule has 1 saturated heterocycles. The Bertz CT molecular complexity index is 890. The fourth-order valence-electron chi connectivity index (χ4n) is 6.27. The summed E-state index contributed by atoms with van der Waals surface area (Å²) in [6.45, 7) is 4.43. The second kappa shape index (κ2) is 35.1. The molecule has 0 saturated carbocycles. The Morgan fingerprint density at radius 2 is 1.17 bits per heavy atom. The Kier molecular flexibility index (Phi) is 32.7. The Morgan fingerprint density at radius 1 is 0.635 bits per heavy atom. The minimum Gasteiger partial charge on any atom is -0.457 e. The van der Waals surface area contributed by atoms with E-state index in [9.17, 15) is 25.2 Å². The number of hydrogen-bond donors (Lipinski definition) is 4. The first kappa shape index (κ1) is 48.4. The van der Waals surface area contributed by atoms with Crippen LogP contribution in [0.15, 0.2) is 36.5 Å². The number of aliphatic hydroxyl groups is 4. The van der Waals surface area contributed by atoms with E-state index in [1.54, 1.807) is 0 Å². The van der Waals surface area contributed by atoms with E-state index in [2.05, 4.69) is 50.3 Å². The summed E-state index contributed by atoms with van der Waals surface area (Å²) in [5, 5.41) is 40.0. The van der Waals surface area contributed by atoms with Gasteiger partial charge in [-0.3, -0.25) is 4.79 Å². The molecule has 0 bridgehead atoms. The van der Waals surface area contributed by atoms with E-state index >= 15 is 0 Å². The lowest BCUT2D eigenvalue weighted by Gasteiger charge is -2.39. The number of ether oxygens (including phenoxy) is 4. The predicted octanol–water partition coefficient (Wildman–Crippen LogP) is 8.80. The van der Waals surface area contributed by atoms with E-state index in [4.69, 9.17) is 18.9 Å². The zero-order valence-electron chi connectivity index (χ0n) is 33.1. The largest absolute Gasteiger partial charge is 0.457 e. The molecule has 0 aromatic rings. The van der Waals surface area contributed by atoms with Crippen LogP contribution >= 0.6 is 0 Å². The molecule has 0 amide bonds. The Morgan fingerprint density at radius 3 is 1.77 bits per heavy atom. The quantitative estimate of drug-likeness (QED) is 0.0286. The van der Waals surface area contributed by atoms with E-state index in [1.165, 1.54) is 77.0 Å². The molecule has 0 aromatic carbocycles. The molecular formula is C43H78O9. The summed E-state index contributed by atoms with van der Waals surface area (Å²) in [5.41, 5.74) is 0. The van der Waals surface area contributed by atoms with Gasteiger partial charge in [-0.1, -0.05) is 153 Å². The SMILES string of the molecule is CC/C=C\C/C=C\C/C=C\CCCCCCCC(=O)OC(COCCCCCCCCCCCCCCCC)COC1OC(CO)C(O)C(O)C1O. The van der Waals surface area contributed by atoms with Crippen molar-refractivity contribution in [1.82, 2.24) is 0 Å². The molecule has 52 heavy (non-hydrogen) atoms. The van der Waals surface area contributed by atoms with Crippen molar-refractivity contribution in [3.63, 3.8) is 0 Å². The third-order valence-corrected chi connectivity index (χ3v) is 9.57. The Labute approximate surface area is 317 Å². The molecule has 4 N–H and O–H groups in total. The Hall–Kier alpha value is -1.59. The normalized spacial score (nSPS) is 21.5. The summed E-state index contributed by atoms with van der Waals surface area (Å²) in [4.78, 5) is 12.7. The molecule has 0 radical (unpaired) electrons. The smallest absolute Gasteiger partial charge is 0.306 e. The number of hydrogen-bond acceptors (Lipinski definition) is 9. The van der Waals surface area contributed by atoms with Crippen LogP contribution in [0.5, 0.6) is 0 Å². The van der Waals surface area contributed by atoms with Gasteiger partial charge in [-0.05, 0) is 44.9 Å². The molecule has 9 heteroatoms. The summed E-state index contributed by atoms with van der Waals surface area (Å²) >= 11 is 0. The van der Waals surface area contributed by atoms with Gasteiger partial charge in [0.15, 0.2) is 6.29 Å². The summed E-state index contributed by atoms with van der Waals surface area (Å²) in [6, 6.07) is 0. The third-order valence-electron chi connectivity index (χ3n) is 9.57. The van der Waals surface area contributed by atoms with Gasteiger partial charge in [0.2, 0.25) is 0 Å². The van der Waals surface area contributed by atoms with Crippen molar-refractivity contribution in [3.05, 3.63) is 36.5 Å². The second-order valence-electron chi connectivity index (χ2n) is 14.4. The van der Waals surface area contributed by atoms with Gasteiger partial charge in [0.25, 0.3) is 0 Å². The van der Waals surface area contributed by atoms with Crippen LogP contribution in [0.1, 0.15) is 168 Å². The van der Waals surface area contributed by atoms with Crippen LogP contribution in [0.25, 0.3) is 0 Å². The van der Waals surface area contributed by atoms with E-state index in [1.807, 2.05) is 0 Å². The van der Waals surface area contributed by atoms with Gasteiger partial charge in [0, 0.05) is 13.0 Å². The van der Waals surface area contributed by atoms with Crippen molar-refractivity contribution < 1.29 is 44.2 Å². The molecule has 0 aromatic heterocycles. The lowest BCUT2D eigenvalue weighted by atomic mass is 9.99. The zero-order chi connectivity index (χ0) is 37.9. The van der Waals surface area contributed by atoms with E-state index in [0.29, 0.717) is 13.0 Å². The number of unbranched alkanes of at least 4 members (excludes halogenated alkanes) is 18. The zero-order valence-corrected chi connectivity index (χ0v) is 33.1. The highest BCUT2D eigenvalue weighted by Crippen LogP contribution is 2.22. The molecule has 1 aliphatic rings. The number of carbonyl (C=O) groups is 1. The topological polar surface area (TPSA) is 135 Å². The number of esters is 1. The van der Waals surface area contributed by atoms with Crippen molar-refractivity contribution in [2.45, 2.75) is 205 Å². The van der Waals surface area contributed by atoms with Gasteiger partial charge in [-0.2, -0.15) is 0 Å². The minimum atomic E-state index is -1.54. The fourth-order valence-corrected chi connectivity index (χ4v) is 6.27. The minimum absolute atomic E-state index is 0.119. The molecule has 1 heterocycles. The average molecular weight is 739 g/mol. The van der Waals surface area contributed by atoms with Crippen molar-refractivity contribution >= 4 is 5.97 Å². The predicted molar refractivity (Wildman–Crippen MR) is 210 cm³/mol. The summed E-state index contributed by atoms with van der Waals surface area (Å²) < 4.78 is 22.8. The highest BCUT2D eigenvalue weighted by molar-refractivity contribution is 5.69. The van der Waals surface area contributed by atoms with Gasteiger partial charge in [0.05, 0.1) is 19.8 Å². The molecule has 1 rings (SSSR count). The first-order valence-electron chi connectivity index (χ1n) is 21.1. The van der Waals surface area contributed by atoms with E-state index in [-0.39, 0.29) is 19.2 Å². The van der Waals surface area contributed by atoms with E-state index < -0.39 is 43.4 Å². The maximum absolute atomic E-state index is 12.7. The molecule has 0 spiro atoms. The van der Waals surface area contributed by atoms with Crippen LogP contribution < -0.4 is 0 Å². The van der Waals surface area contributed by atoms with Crippen molar-refractivity contribution in [1.29, 1.82) is 0 Å². The van der Waals surface area contributed by atoms with Crippen molar-refractivity contribution in [3.8, 4) is 0 Å². The molecule has 6 atom stereocenters. The van der Waals surface area contributed by atoms with Crippen LogP contribution in [-0.4, -0.2) is 89.6 Å². The third kappa shape index (κ3) is 26.2.